The highest BCUT2D eigenvalue weighted by molar-refractivity contribution is 5.76. The molecule has 0 saturated carbocycles. The maximum Gasteiger partial charge on any atom is 0.313 e. The van der Waals surface area contributed by atoms with E-state index in [1.54, 1.807) is 6.20 Å². The molecule has 0 aliphatic carbocycles. The Balaban J connectivity index is 0.000000497. The molecule has 1 aromatic heterocycles. The molecule has 8 heteroatoms. The number of hydrogen-bond donors (Lipinski definition) is 2. The number of fused-ring (bicyclic) bond motifs is 1. The van der Waals surface area contributed by atoms with Crippen molar-refractivity contribution in [2.45, 2.75) is 6.54 Å². The average Bonchev–Trinajstić information content (AvgIpc) is 3.12. The molecule has 0 bridgehead atoms. The fourth-order valence-electron chi connectivity index (χ4n) is 2.99. The Morgan fingerprint density at radius 1 is 1.52 bits per heavy atom. The molecule has 1 aromatic rings. The molecule has 2 aliphatic heterocycles. The monoisotopic (exact) mass is 297 g/mol. The van der Waals surface area contributed by atoms with E-state index in [9.17, 15) is 9.90 Å². The van der Waals surface area contributed by atoms with Crippen molar-refractivity contribution in [1.82, 2.24) is 14.7 Å². The summed E-state index contributed by atoms with van der Waals surface area (Å²) >= 11 is 0. The smallest absolute Gasteiger partial charge is 0.313 e. The van der Waals surface area contributed by atoms with Crippen molar-refractivity contribution in [3.05, 3.63) is 18.5 Å². The Morgan fingerprint density at radius 2 is 2.29 bits per heavy atom. The molecule has 2 N–H and O–H groups in total. The standard InChI is InChI=1S/C12H17N3O3.CH2O2/c16-11(17)12-8-14(6-10(12)7-18-9-12)4-5-15-3-1-2-13-15;2-1-3/h1-3,10H,4-9H2,(H,16,17);1H,(H,2,3)/t10-,12-;/m1./s1. The van der Waals surface area contributed by atoms with Gasteiger partial charge in [-0.2, -0.15) is 5.10 Å². The van der Waals surface area contributed by atoms with Crippen LogP contribution in [0.4, 0.5) is 0 Å². The number of carbonyl (C=O) groups is 2. The van der Waals surface area contributed by atoms with Gasteiger partial charge in [0.05, 0.1) is 19.8 Å². The molecule has 116 valence electrons. The molecule has 8 nitrogen and oxygen atoms in total. The third kappa shape index (κ3) is 3.22. The summed E-state index contributed by atoms with van der Waals surface area (Å²) in [6.07, 6.45) is 3.68. The van der Waals surface area contributed by atoms with Crippen LogP contribution in [0.1, 0.15) is 0 Å². The van der Waals surface area contributed by atoms with Gasteiger partial charge in [-0.3, -0.25) is 19.2 Å². The van der Waals surface area contributed by atoms with Gasteiger partial charge in [0.15, 0.2) is 0 Å². The summed E-state index contributed by atoms with van der Waals surface area (Å²) in [4.78, 5) is 22.0. The Labute approximate surface area is 121 Å². The van der Waals surface area contributed by atoms with Gasteiger partial charge in [-0.25, -0.2) is 0 Å². The van der Waals surface area contributed by atoms with E-state index >= 15 is 0 Å². The summed E-state index contributed by atoms with van der Waals surface area (Å²) in [5, 5.41) is 20.5. The summed E-state index contributed by atoms with van der Waals surface area (Å²) in [5.74, 6) is -0.584. The van der Waals surface area contributed by atoms with E-state index in [1.165, 1.54) is 0 Å². The van der Waals surface area contributed by atoms with Crippen LogP contribution in [-0.2, 0) is 20.9 Å². The Kier molecular flexibility index (Phi) is 4.92. The maximum absolute atomic E-state index is 11.5. The minimum atomic E-state index is -0.716. The number of rotatable bonds is 4. The van der Waals surface area contributed by atoms with Crippen LogP contribution in [0.3, 0.4) is 0 Å². The lowest BCUT2D eigenvalue weighted by molar-refractivity contribution is -0.149. The van der Waals surface area contributed by atoms with Crippen molar-refractivity contribution in [3.63, 3.8) is 0 Å². The number of likely N-dealkylation sites (tertiary alicyclic amines) is 1. The normalized spacial score (nSPS) is 27.7. The van der Waals surface area contributed by atoms with E-state index in [-0.39, 0.29) is 12.4 Å². The fourth-order valence-corrected chi connectivity index (χ4v) is 2.99. The van der Waals surface area contributed by atoms with Crippen LogP contribution in [0.25, 0.3) is 0 Å². The van der Waals surface area contributed by atoms with Crippen molar-refractivity contribution < 1.29 is 24.5 Å². The van der Waals surface area contributed by atoms with Crippen molar-refractivity contribution >= 4 is 12.4 Å². The van der Waals surface area contributed by atoms with Gasteiger partial charge in [-0.15, -0.1) is 0 Å². The SMILES string of the molecule is O=C(O)[C@]12COC[C@H]1CN(CCn1cccn1)C2.O=CO. The zero-order valence-electron chi connectivity index (χ0n) is 11.6. The van der Waals surface area contributed by atoms with Crippen molar-refractivity contribution in [2.75, 3.05) is 32.8 Å². The minimum Gasteiger partial charge on any atom is -0.483 e. The molecule has 3 heterocycles. The molecular weight excluding hydrogens is 278 g/mol. The molecule has 0 spiro atoms. The maximum atomic E-state index is 11.5. The molecule has 21 heavy (non-hydrogen) atoms. The first-order valence-electron chi connectivity index (χ1n) is 6.71. The number of hydrogen-bond acceptors (Lipinski definition) is 5. The largest absolute Gasteiger partial charge is 0.483 e. The van der Waals surface area contributed by atoms with Crippen LogP contribution in [0.15, 0.2) is 18.5 Å². The Hall–Kier alpha value is -1.93. The predicted octanol–water partition coefficient (Wildman–Crippen LogP) is -0.383. The van der Waals surface area contributed by atoms with E-state index in [0.717, 1.165) is 19.6 Å². The van der Waals surface area contributed by atoms with Crippen LogP contribution in [-0.4, -0.2) is 70.2 Å². The zero-order valence-corrected chi connectivity index (χ0v) is 11.6. The summed E-state index contributed by atoms with van der Waals surface area (Å²) in [7, 11) is 0. The van der Waals surface area contributed by atoms with Gasteiger partial charge in [0.1, 0.15) is 5.41 Å². The van der Waals surface area contributed by atoms with Gasteiger partial charge in [0, 0.05) is 37.9 Å². The molecule has 0 amide bonds. The lowest BCUT2D eigenvalue weighted by Gasteiger charge is -2.21. The first-order chi connectivity index (χ1) is 10.1. The summed E-state index contributed by atoms with van der Waals surface area (Å²) in [5.41, 5.74) is -0.676. The van der Waals surface area contributed by atoms with Crippen LogP contribution in [0.5, 0.6) is 0 Å². The Morgan fingerprint density at radius 3 is 2.86 bits per heavy atom. The number of aromatic nitrogens is 2. The molecule has 2 aliphatic rings. The quantitative estimate of drug-likeness (QED) is 0.730. The topological polar surface area (TPSA) is 105 Å². The molecule has 0 aromatic carbocycles. The van der Waals surface area contributed by atoms with E-state index in [0.29, 0.717) is 19.8 Å². The van der Waals surface area contributed by atoms with Gasteiger partial charge in [-0.05, 0) is 6.07 Å². The highest BCUT2D eigenvalue weighted by Crippen LogP contribution is 2.41. The first kappa shape index (κ1) is 15.5. The summed E-state index contributed by atoms with van der Waals surface area (Å²) < 4.78 is 7.22. The Bertz CT molecular complexity index is 478. The van der Waals surface area contributed by atoms with E-state index in [1.807, 2.05) is 16.9 Å². The number of carboxylic acid groups (broad SMARTS) is 2. The number of aliphatic carboxylic acids is 1. The zero-order chi connectivity index (χ0) is 15.3. The molecule has 2 atom stereocenters. The molecule has 3 rings (SSSR count). The third-order valence-electron chi connectivity index (χ3n) is 4.07. The average molecular weight is 297 g/mol. The van der Waals surface area contributed by atoms with E-state index < -0.39 is 11.4 Å². The number of carboxylic acids is 1. The molecular formula is C13H19N3O5. The summed E-state index contributed by atoms with van der Waals surface area (Å²) in [6.45, 7) is 3.72. The highest BCUT2D eigenvalue weighted by atomic mass is 16.5. The lowest BCUT2D eigenvalue weighted by atomic mass is 9.81. The van der Waals surface area contributed by atoms with Crippen molar-refractivity contribution in [1.29, 1.82) is 0 Å². The van der Waals surface area contributed by atoms with Crippen molar-refractivity contribution in [2.24, 2.45) is 11.3 Å². The number of ether oxygens (including phenoxy) is 1. The second-order valence-electron chi connectivity index (χ2n) is 5.28. The molecule has 0 radical (unpaired) electrons. The van der Waals surface area contributed by atoms with Gasteiger partial charge < -0.3 is 14.9 Å². The van der Waals surface area contributed by atoms with Crippen molar-refractivity contribution in [3.8, 4) is 0 Å². The van der Waals surface area contributed by atoms with Gasteiger partial charge in [0.2, 0.25) is 0 Å². The van der Waals surface area contributed by atoms with E-state index in [4.69, 9.17) is 14.6 Å². The molecule has 0 unspecified atom stereocenters. The van der Waals surface area contributed by atoms with Crippen LogP contribution in [0.2, 0.25) is 0 Å². The second-order valence-corrected chi connectivity index (χ2v) is 5.28. The minimum absolute atomic E-state index is 0.132. The fraction of sp³-hybridized carbons (Fsp3) is 0.615. The molecule has 2 fully saturated rings. The highest BCUT2D eigenvalue weighted by Gasteiger charge is 2.55. The molecule has 2 saturated heterocycles. The lowest BCUT2D eigenvalue weighted by Crippen LogP contribution is -2.39. The van der Waals surface area contributed by atoms with Crippen LogP contribution >= 0.6 is 0 Å². The summed E-state index contributed by atoms with van der Waals surface area (Å²) in [6, 6.07) is 1.89. The van der Waals surface area contributed by atoms with Gasteiger partial charge in [0.25, 0.3) is 6.47 Å². The van der Waals surface area contributed by atoms with E-state index in [2.05, 4.69) is 10.00 Å². The van der Waals surface area contributed by atoms with Gasteiger partial charge in [-0.1, -0.05) is 0 Å². The first-order valence-corrected chi connectivity index (χ1v) is 6.71. The number of nitrogens with zero attached hydrogens (tertiary/aromatic N) is 3. The predicted molar refractivity (Wildman–Crippen MR) is 71.7 cm³/mol. The third-order valence-corrected chi connectivity index (χ3v) is 4.07. The van der Waals surface area contributed by atoms with Crippen LogP contribution < -0.4 is 0 Å². The van der Waals surface area contributed by atoms with Crippen LogP contribution in [0, 0.1) is 11.3 Å². The van der Waals surface area contributed by atoms with Gasteiger partial charge >= 0.3 is 5.97 Å². The second kappa shape index (κ2) is 6.68.